The molecule has 2 aromatic carbocycles. The van der Waals surface area contributed by atoms with E-state index in [0.29, 0.717) is 12.8 Å². The Morgan fingerprint density at radius 2 is 1.84 bits per heavy atom. The van der Waals surface area contributed by atoms with Gasteiger partial charge in [-0.2, -0.15) is 0 Å². The first kappa shape index (κ1) is 18.2. The first-order chi connectivity index (χ1) is 12.1. The largest absolute Gasteiger partial charge is 0.393 e. The Kier molecular flexibility index (Phi) is 5.93. The minimum Gasteiger partial charge on any atom is -0.393 e. The van der Waals surface area contributed by atoms with Crippen molar-refractivity contribution in [3.63, 3.8) is 0 Å². The highest BCUT2D eigenvalue weighted by Crippen LogP contribution is 2.33. The highest BCUT2D eigenvalue weighted by atomic mass is 35.5. The molecule has 0 fully saturated rings. The highest BCUT2D eigenvalue weighted by molar-refractivity contribution is 6.31. The van der Waals surface area contributed by atoms with Crippen molar-refractivity contribution in [1.82, 2.24) is 0 Å². The molecular weight excluding hydrogens is 335 g/mol. The molecule has 1 nitrogen and oxygen atoms in total. The summed E-state index contributed by atoms with van der Waals surface area (Å²) in [5.41, 5.74) is 5.64. The number of hydrogen-bond acceptors (Lipinski definition) is 1. The third-order valence-electron chi connectivity index (χ3n) is 4.91. The Labute approximate surface area is 154 Å². The van der Waals surface area contributed by atoms with Crippen LogP contribution in [-0.4, -0.2) is 17.9 Å². The van der Waals surface area contributed by atoms with E-state index in [9.17, 15) is 9.50 Å². The summed E-state index contributed by atoms with van der Waals surface area (Å²) in [6.07, 6.45) is 4.37. The van der Waals surface area contributed by atoms with Gasteiger partial charge in [0.1, 0.15) is 0 Å². The van der Waals surface area contributed by atoms with E-state index in [0.717, 1.165) is 34.6 Å². The summed E-state index contributed by atoms with van der Waals surface area (Å²) in [6.45, 7) is 1.72. The Hall–Kier alpha value is -1.64. The number of aliphatic hydroxyl groups excluding tert-OH is 1. The highest BCUT2D eigenvalue weighted by Gasteiger charge is 2.21. The van der Waals surface area contributed by atoms with Crippen LogP contribution in [0.15, 0.2) is 48.5 Å². The Bertz CT molecular complexity index is 751. The molecule has 2 unspecified atom stereocenters. The molecule has 132 valence electrons. The minimum absolute atomic E-state index is 0.195. The van der Waals surface area contributed by atoms with Crippen molar-refractivity contribution in [2.45, 2.75) is 38.7 Å². The maximum atomic E-state index is 13.1. The van der Waals surface area contributed by atoms with Crippen LogP contribution in [0.3, 0.4) is 0 Å². The van der Waals surface area contributed by atoms with Crippen LogP contribution in [0.2, 0.25) is 5.02 Å². The number of benzene rings is 2. The maximum absolute atomic E-state index is 13.1. The summed E-state index contributed by atoms with van der Waals surface area (Å²) in [7, 11) is 0. The summed E-state index contributed by atoms with van der Waals surface area (Å²) in [5, 5.41) is 10.8. The van der Waals surface area contributed by atoms with E-state index in [-0.39, 0.29) is 5.92 Å². The smallest absolute Gasteiger partial charge is 0.0958 e. The van der Waals surface area contributed by atoms with Gasteiger partial charge in [-0.05, 0) is 65.6 Å². The van der Waals surface area contributed by atoms with Gasteiger partial charge in [-0.15, -0.1) is 0 Å². The predicted octanol–water partition coefficient (Wildman–Crippen LogP) is 5.62. The molecule has 1 aliphatic rings. The average molecular weight is 359 g/mol. The fraction of sp³-hybridized carbons (Fsp3) is 0.364. The van der Waals surface area contributed by atoms with E-state index < -0.39 is 12.8 Å². The van der Waals surface area contributed by atoms with Crippen LogP contribution in [-0.2, 0) is 12.8 Å². The Morgan fingerprint density at radius 3 is 2.52 bits per heavy atom. The summed E-state index contributed by atoms with van der Waals surface area (Å²) in [6, 6.07) is 14.5. The lowest BCUT2D eigenvalue weighted by Crippen LogP contribution is -2.19. The number of halogens is 2. The van der Waals surface area contributed by atoms with Gasteiger partial charge in [0.25, 0.3) is 0 Å². The van der Waals surface area contributed by atoms with E-state index in [1.165, 1.54) is 11.1 Å². The second-order valence-corrected chi connectivity index (χ2v) is 7.26. The molecule has 0 saturated carbocycles. The number of allylic oxidation sites excluding steroid dienone is 1. The molecule has 2 aromatic rings. The van der Waals surface area contributed by atoms with Gasteiger partial charge in [0.05, 0.1) is 12.8 Å². The van der Waals surface area contributed by atoms with Crippen molar-refractivity contribution in [3.8, 4) is 0 Å². The second kappa shape index (κ2) is 8.16. The molecular formula is C22H24ClFO. The molecule has 0 aliphatic heterocycles. The Balaban J connectivity index is 1.86. The first-order valence-corrected chi connectivity index (χ1v) is 9.28. The summed E-state index contributed by atoms with van der Waals surface area (Å²) >= 11 is 6.40. The van der Waals surface area contributed by atoms with Gasteiger partial charge in [-0.3, -0.25) is 4.39 Å². The van der Waals surface area contributed by atoms with Crippen LogP contribution >= 0.6 is 11.6 Å². The van der Waals surface area contributed by atoms with Crippen LogP contribution in [0.1, 0.15) is 42.0 Å². The normalized spacial score (nSPS) is 20.4. The number of aliphatic hydroxyl groups is 1. The lowest BCUT2D eigenvalue weighted by molar-refractivity contribution is 0.143. The minimum atomic E-state index is -0.471. The van der Waals surface area contributed by atoms with Crippen molar-refractivity contribution < 1.29 is 9.50 Å². The lowest BCUT2D eigenvalue weighted by atomic mass is 9.85. The van der Waals surface area contributed by atoms with Gasteiger partial charge < -0.3 is 5.11 Å². The van der Waals surface area contributed by atoms with Gasteiger partial charge in [-0.1, -0.05) is 54.9 Å². The first-order valence-electron chi connectivity index (χ1n) is 8.90. The van der Waals surface area contributed by atoms with E-state index in [1.807, 2.05) is 18.2 Å². The van der Waals surface area contributed by atoms with Crippen molar-refractivity contribution in [1.29, 1.82) is 0 Å². The third kappa shape index (κ3) is 4.50. The zero-order valence-corrected chi connectivity index (χ0v) is 15.3. The number of aryl methyl sites for hydroxylation is 1. The molecule has 0 saturated heterocycles. The van der Waals surface area contributed by atoms with Crippen molar-refractivity contribution in [2.75, 3.05) is 6.67 Å². The van der Waals surface area contributed by atoms with Crippen molar-refractivity contribution in [3.05, 3.63) is 75.8 Å². The molecule has 25 heavy (non-hydrogen) atoms. The van der Waals surface area contributed by atoms with E-state index >= 15 is 0 Å². The fourth-order valence-electron chi connectivity index (χ4n) is 3.45. The van der Waals surface area contributed by atoms with E-state index in [1.54, 1.807) is 0 Å². The Morgan fingerprint density at radius 1 is 1.12 bits per heavy atom. The molecule has 0 spiro atoms. The molecule has 1 N–H and O–H groups in total. The summed E-state index contributed by atoms with van der Waals surface area (Å²) < 4.78 is 13.1. The maximum Gasteiger partial charge on any atom is 0.0958 e. The van der Waals surface area contributed by atoms with Gasteiger partial charge in [0.2, 0.25) is 0 Å². The van der Waals surface area contributed by atoms with Crippen LogP contribution in [0.4, 0.5) is 4.39 Å². The fourth-order valence-corrected chi connectivity index (χ4v) is 3.64. The number of hydrogen-bond donors (Lipinski definition) is 1. The molecule has 0 amide bonds. The van der Waals surface area contributed by atoms with Crippen LogP contribution < -0.4 is 0 Å². The number of alkyl halides is 1. The van der Waals surface area contributed by atoms with Gasteiger partial charge in [0.15, 0.2) is 0 Å². The molecule has 1 aliphatic carbocycles. The molecule has 3 heteroatoms. The molecule has 0 heterocycles. The van der Waals surface area contributed by atoms with Gasteiger partial charge in [-0.25, -0.2) is 0 Å². The van der Waals surface area contributed by atoms with Crippen molar-refractivity contribution >= 4 is 17.2 Å². The topological polar surface area (TPSA) is 20.2 Å². The average Bonchev–Trinajstić information content (AvgIpc) is 2.63. The van der Waals surface area contributed by atoms with Crippen LogP contribution in [0.5, 0.6) is 0 Å². The van der Waals surface area contributed by atoms with E-state index in [2.05, 4.69) is 37.3 Å². The van der Waals surface area contributed by atoms with E-state index in [4.69, 9.17) is 11.6 Å². The molecule has 0 radical (unpaired) electrons. The van der Waals surface area contributed by atoms with Crippen molar-refractivity contribution in [2.24, 2.45) is 5.92 Å². The van der Waals surface area contributed by atoms with Gasteiger partial charge >= 0.3 is 0 Å². The quantitative estimate of drug-likeness (QED) is 0.735. The molecule has 0 bridgehead atoms. The predicted molar refractivity (Wildman–Crippen MR) is 103 cm³/mol. The summed E-state index contributed by atoms with van der Waals surface area (Å²) in [4.78, 5) is 0. The standard InChI is InChI=1S/C22H24ClFO/c1-2-15-3-5-16(6-4-15)9-20-12-18(7-8-22(20)23)19-10-17(14-24)11-21(25)13-19/h3-8,10,12,17,21,25H,2,9,11,13-14H2,1H3. The monoisotopic (exact) mass is 358 g/mol. The van der Waals surface area contributed by atoms with Crippen LogP contribution in [0, 0.1) is 5.92 Å². The van der Waals surface area contributed by atoms with Gasteiger partial charge in [0, 0.05) is 10.9 Å². The number of rotatable bonds is 5. The lowest BCUT2D eigenvalue weighted by Gasteiger charge is -2.24. The summed E-state index contributed by atoms with van der Waals surface area (Å²) in [5.74, 6) is -0.195. The SMILES string of the molecule is CCc1ccc(Cc2cc(C3=CC(CF)CC(O)C3)ccc2Cl)cc1. The molecule has 3 rings (SSSR count). The third-order valence-corrected chi connectivity index (χ3v) is 5.28. The molecule has 0 aromatic heterocycles. The van der Waals surface area contributed by atoms with Crippen LogP contribution in [0.25, 0.3) is 5.57 Å². The second-order valence-electron chi connectivity index (χ2n) is 6.85. The zero-order chi connectivity index (χ0) is 17.8. The zero-order valence-electron chi connectivity index (χ0n) is 14.5. The molecule has 2 atom stereocenters.